The number of hydrogen-bond acceptors (Lipinski definition) is 22. The number of carbonyl (C=O) groups excluding carboxylic acids is 4. The van der Waals surface area contributed by atoms with E-state index in [2.05, 4.69) is 0 Å². The van der Waals surface area contributed by atoms with E-state index in [1.807, 2.05) is 40.8 Å². The van der Waals surface area contributed by atoms with E-state index in [0.717, 1.165) is 0 Å². The molecular formula is C51H68O22Si. The van der Waals surface area contributed by atoms with Gasteiger partial charge in [0.05, 0.1) is 36.9 Å². The van der Waals surface area contributed by atoms with Gasteiger partial charge < -0.3 is 85.7 Å². The van der Waals surface area contributed by atoms with Crippen molar-refractivity contribution >= 4 is 43.0 Å². The number of Topliss-reactive ketones (excluding diaryl/α,β-unsaturated/α-hetero) is 1. The van der Waals surface area contributed by atoms with Crippen LogP contribution in [-0.2, 0) is 75.6 Å². The summed E-state index contributed by atoms with van der Waals surface area (Å²) in [5.74, 6) is -5.91. The van der Waals surface area contributed by atoms with Crippen LogP contribution in [0.3, 0.4) is 0 Å². The van der Waals surface area contributed by atoms with E-state index in [4.69, 9.17) is 75.5 Å². The molecule has 0 radical (unpaired) electrons. The third-order valence-corrected chi connectivity index (χ3v) is 21.3. The zero-order valence-corrected chi connectivity index (χ0v) is 45.4. The SMILES string of the molecule is COc1c2c(c(O)c3c4c(c(C)cc13)C1OC3(C(OC)OC)OC1[C@@](OC1CC(OC(C)=O)C5(OC(=O)O[C@H]5C)C(C)O1)(O4)[C@@]31CO1)C(=O)C(O[Si](C)(C)C(C)(C)C)C[C@@H]2OC1CC(C)(O)C(OC(C)=O)C(C)O1. The summed E-state index contributed by atoms with van der Waals surface area (Å²) in [5, 5.41) is 24.8. The largest absolute Gasteiger partial charge is 0.509 e. The summed E-state index contributed by atoms with van der Waals surface area (Å²) >= 11 is 0. The molecule has 23 heteroatoms. The molecule has 10 rings (SSSR count). The fraction of sp³-hybridized carbons (Fsp3) is 0.725. The van der Waals surface area contributed by atoms with E-state index >= 15 is 4.79 Å². The van der Waals surface area contributed by atoms with Crippen molar-refractivity contribution in [3.63, 3.8) is 0 Å². The van der Waals surface area contributed by atoms with E-state index in [1.165, 1.54) is 42.1 Å². The highest BCUT2D eigenvalue weighted by atomic mass is 28.4. The quantitative estimate of drug-likeness (QED) is 0.0845. The lowest BCUT2D eigenvalue weighted by Gasteiger charge is -2.52. The van der Waals surface area contributed by atoms with Crippen LogP contribution in [-0.4, -0.2) is 160 Å². The smallest absolute Gasteiger partial charge is 0.506 e. The number of epoxide rings is 1. The van der Waals surface area contributed by atoms with Gasteiger partial charge in [-0.3, -0.25) is 14.4 Å². The Morgan fingerprint density at radius 3 is 2.15 bits per heavy atom. The summed E-state index contributed by atoms with van der Waals surface area (Å²) in [7, 11) is 1.55. The van der Waals surface area contributed by atoms with Crippen molar-refractivity contribution in [2.75, 3.05) is 27.9 Å². The number of aromatic hydroxyl groups is 1. The number of ketones is 1. The number of esters is 2. The molecule has 12 unspecified atom stereocenters. The van der Waals surface area contributed by atoms with Crippen LogP contribution in [0.2, 0.25) is 18.1 Å². The Hall–Kier alpha value is -4.24. The summed E-state index contributed by atoms with van der Waals surface area (Å²) < 4.78 is 102. The van der Waals surface area contributed by atoms with Gasteiger partial charge in [0.1, 0.15) is 47.3 Å². The first kappa shape index (κ1) is 53.2. The Morgan fingerprint density at radius 2 is 1.58 bits per heavy atom. The summed E-state index contributed by atoms with van der Waals surface area (Å²) in [6, 6.07) is 1.79. The van der Waals surface area contributed by atoms with Gasteiger partial charge in [0.2, 0.25) is 17.5 Å². The topological polar surface area (TPSA) is 260 Å². The Morgan fingerprint density at radius 1 is 0.905 bits per heavy atom. The van der Waals surface area contributed by atoms with Crippen molar-refractivity contribution in [1.29, 1.82) is 0 Å². The van der Waals surface area contributed by atoms with E-state index < -0.39 is 140 Å². The number of cyclic esters (lactones) is 1. The van der Waals surface area contributed by atoms with E-state index in [-0.39, 0.29) is 58.9 Å². The Labute approximate surface area is 429 Å². The molecule has 2 aromatic rings. The number of benzene rings is 2. The van der Waals surface area contributed by atoms with Gasteiger partial charge in [-0.2, -0.15) is 0 Å². The molecule has 8 aliphatic rings. The molecular weight excluding hydrogens is 993 g/mol. The van der Waals surface area contributed by atoms with E-state index in [1.54, 1.807) is 26.8 Å². The number of carbonyl (C=O) groups is 4. The second kappa shape index (κ2) is 17.6. The maximum atomic E-state index is 15.3. The maximum Gasteiger partial charge on any atom is 0.509 e. The zero-order valence-electron chi connectivity index (χ0n) is 44.4. The normalized spacial score (nSPS) is 39.9. The molecule has 74 heavy (non-hydrogen) atoms. The molecule has 22 nitrogen and oxygen atoms in total. The molecule has 7 aliphatic heterocycles. The molecule has 2 aromatic carbocycles. The minimum Gasteiger partial charge on any atom is -0.506 e. The van der Waals surface area contributed by atoms with Gasteiger partial charge >= 0.3 is 18.1 Å². The first-order valence-corrected chi connectivity index (χ1v) is 27.9. The van der Waals surface area contributed by atoms with E-state index in [9.17, 15) is 24.6 Å². The van der Waals surface area contributed by atoms with Crippen LogP contribution in [0.4, 0.5) is 4.79 Å². The third-order valence-electron chi connectivity index (χ3n) is 16.9. The van der Waals surface area contributed by atoms with Crippen LogP contribution >= 0.6 is 0 Å². The molecule has 0 saturated carbocycles. The van der Waals surface area contributed by atoms with Crippen LogP contribution < -0.4 is 9.47 Å². The summed E-state index contributed by atoms with van der Waals surface area (Å²) in [6.45, 7) is 20.9. The van der Waals surface area contributed by atoms with Crippen molar-refractivity contribution in [2.45, 2.75) is 209 Å². The minimum atomic E-state index is -2.73. The number of phenols is 1. The van der Waals surface area contributed by atoms with Gasteiger partial charge in [-0.25, -0.2) is 4.79 Å². The molecule has 408 valence electrons. The molecule has 1 aliphatic carbocycles. The van der Waals surface area contributed by atoms with Crippen molar-refractivity contribution in [3.8, 4) is 17.2 Å². The second-order valence-corrected chi connectivity index (χ2v) is 27.3. The highest BCUT2D eigenvalue weighted by Crippen LogP contribution is 2.73. The number of aliphatic hydroxyl groups is 1. The first-order valence-electron chi connectivity index (χ1n) is 25.0. The van der Waals surface area contributed by atoms with Crippen LogP contribution in [0, 0.1) is 6.92 Å². The predicted octanol–water partition coefficient (Wildman–Crippen LogP) is 5.73. The molecule has 2 N–H and O–H groups in total. The summed E-state index contributed by atoms with van der Waals surface area (Å²) in [5.41, 5.74) is -3.71. The van der Waals surface area contributed by atoms with Gasteiger partial charge in [0.15, 0.2) is 45.0 Å². The highest BCUT2D eigenvalue weighted by molar-refractivity contribution is 6.74. The minimum absolute atomic E-state index is 0.0165. The van der Waals surface area contributed by atoms with Crippen LogP contribution in [0.1, 0.15) is 121 Å². The monoisotopic (exact) mass is 1060 g/mol. The van der Waals surface area contributed by atoms with Crippen LogP contribution in [0.5, 0.6) is 17.2 Å². The third kappa shape index (κ3) is 7.49. The number of fused-ring (bicyclic) bond motifs is 8. The fourth-order valence-electron chi connectivity index (χ4n) is 12.5. The lowest BCUT2D eigenvalue weighted by molar-refractivity contribution is -0.387. The lowest BCUT2D eigenvalue weighted by atomic mass is 9.77. The lowest BCUT2D eigenvalue weighted by Crippen LogP contribution is -2.72. The number of hydrogen-bond donors (Lipinski definition) is 2. The van der Waals surface area contributed by atoms with E-state index in [0.29, 0.717) is 16.5 Å². The Balaban J connectivity index is 1.14. The molecule has 2 bridgehead atoms. The fourth-order valence-corrected chi connectivity index (χ4v) is 13.7. The van der Waals surface area contributed by atoms with Gasteiger partial charge in [-0.1, -0.05) is 20.8 Å². The molecule has 7 heterocycles. The number of aryl methyl sites for hydroxylation is 1. The molecule has 6 fully saturated rings. The standard InChI is InChI=1S/C51H68O22Si/c1-21-16-27-34(38(55)36-35(39(27)58-11)28(17-29(37(36)54)73-74(14,15)46(7,8)9)67-32-19-47(10,57)42(22(2)62-32)66-26(6)53)40-33(21)41-43-50(69-40,48(20-61-48)51(70-41,71-43)44(59-12)60-13)68-31-18-30(65-25(5)52)49(23(3)63-31)24(4)64-45(56)72-49/h16,22-24,28-32,41-44,55,57H,17-20H2,1-15H3/t22?,23?,24-,28-,29?,30?,31?,32?,41?,42?,43?,47?,48-,49?,50+,51?/m0/s1. The molecule has 0 amide bonds. The van der Waals surface area contributed by atoms with Crippen molar-refractivity contribution in [1.82, 2.24) is 0 Å². The second-order valence-electron chi connectivity index (χ2n) is 22.5. The summed E-state index contributed by atoms with van der Waals surface area (Å²) in [6.07, 6.45) is -14.1. The molecule has 6 saturated heterocycles. The van der Waals surface area contributed by atoms with Crippen LogP contribution in [0.15, 0.2) is 6.07 Å². The van der Waals surface area contributed by atoms with Crippen molar-refractivity contribution in [3.05, 3.63) is 28.3 Å². The zero-order chi connectivity index (χ0) is 53.8. The van der Waals surface area contributed by atoms with Gasteiger partial charge in [-0.05, 0) is 64.4 Å². The average Bonchev–Trinajstić information content (AvgIpc) is 3.87. The number of phenolic OH excluding ortho intramolecular Hbond substituents is 1. The molecule has 16 atom stereocenters. The summed E-state index contributed by atoms with van der Waals surface area (Å²) in [4.78, 5) is 52.8. The van der Waals surface area contributed by atoms with Crippen molar-refractivity contribution in [2.24, 2.45) is 0 Å². The highest BCUT2D eigenvalue weighted by Gasteiger charge is 2.94. The number of ether oxygens (including phenoxy) is 15. The number of rotatable bonds is 12. The molecule has 0 aromatic heterocycles. The first-order chi connectivity index (χ1) is 34.6. The predicted molar refractivity (Wildman–Crippen MR) is 254 cm³/mol. The van der Waals surface area contributed by atoms with Gasteiger partial charge in [0.25, 0.3) is 11.6 Å². The van der Waals surface area contributed by atoms with Crippen molar-refractivity contribution < 1.29 is 105 Å². The Kier molecular flexibility index (Phi) is 12.7. The maximum absolute atomic E-state index is 15.3. The van der Waals surface area contributed by atoms with Gasteiger partial charge in [-0.15, -0.1) is 0 Å². The Bertz CT molecular complexity index is 2660. The average molecular weight is 1060 g/mol. The van der Waals surface area contributed by atoms with Gasteiger partial charge in [0, 0.05) is 63.8 Å². The molecule has 2 spiro atoms. The van der Waals surface area contributed by atoms with Crippen LogP contribution in [0.25, 0.3) is 10.8 Å². The number of methoxy groups -OCH3 is 3.